The fourth-order valence-electron chi connectivity index (χ4n) is 2.08. The standard InChI is InChI=1S/C17H17Cl2N3O2S/c1-25-8-6-15(17(24)21-12-3-2-7-20-10-12)22-16(23)13-5-4-11(18)9-14(13)19/h2-5,7,9-10,15H,6,8H2,1H3,(H,21,24)(H,22,23)/t15-/m0/s1. The lowest BCUT2D eigenvalue weighted by molar-refractivity contribution is -0.118. The fourth-order valence-corrected chi connectivity index (χ4v) is 3.05. The summed E-state index contributed by atoms with van der Waals surface area (Å²) in [4.78, 5) is 28.9. The van der Waals surface area contributed by atoms with Crippen molar-refractivity contribution >= 4 is 52.5 Å². The van der Waals surface area contributed by atoms with E-state index < -0.39 is 11.9 Å². The predicted octanol–water partition coefficient (Wildman–Crippen LogP) is 3.88. The number of rotatable bonds is 7. The molecule has 0 aliphatic rings. The molecule has 1 aromatic carbocycles. The molecular weight excluding hydrogens is 381 g/mol. The number of halogens is 2. The molecule has 2 N–H and O–H groups in total. The number of benzene rings is 1. The van der Waals surface area contributed by atoms with Gasteiger partial charge in [0.25, 0.3) is 5.91 Å². The number of carbonyl (C=O) groups is 2. The maximum atomic E-state index is 12.5. The van der Waals surface area contributed by atoms with Gasteiger partial charge in [0, 0.05) is 11.2 Å². The van der Waals surface area contributed by atoms with E-state index in [0.717, 1.165) is 5.75 Å². The van der Waals surface area contributed by atoms with Crippen LogP contribution in [0.1, 0.15) is 16.8 Å². The second kappa shape index (κ2) is 9.65. The molecule has 2 amide bonds. The third kappa shape index (κ3) is 5.92. The molecule has 8 heteroatoms. The first-order valence-corrected chi connectivity index (χ1v) is 9.62. The number of carbonyl (C=O) groups excluding carboxylic acids is 2. The van der Waals surface area contributed by atoms with Gasteiger partial charge in [-0.25, -0.2) is 0 Å². The van der Waals surface area contributed by atoms with Gasteiger partial charge in [-0.1, -0.05) is 23.2 Å². The van der Waals surface area contributed by atoms with E-state index in [-0.39, 0.29) is 16.5 Å². The van der Waals surface area contributed by atoms with Crippen LogP contribution in [0.3, 0.4) is 0 Å². The van der Waals surface area contributed by atoms with E-state index in [1.807, 2.05) is 6.26 Å². The van der Waals surface area contributed by atoms with Gasteiger partial charge in [0.15, 0.2) is 0 Å². The SMILES string of the molecule is CSCC[C@H](NC(=O)c1ccc(Cl)cc1Cl)C(=O)Nc1cccnc1. The molecule has 0 spiro atoms. The van der Waals surface area contributed by atoms with Crippen LogP contribution in [0.4, 0.5) is 5.69 Å². The predicted molar refractivity (Wildman–Crippen MR) is 104 cm³/mol. The Hall–Kier alpha value is -1.76. The quantitative estimate of drug-likeness (QED) is 0.743. The molecule has 5 nitrogen and oxygen atoms in total. The third-order valence-electron chi connectivity index (χ3n) is 3.34. The molecule has 2 rings (SSSR count). The highest BCUT2D eigenvalue weighted by Gasteiger charge is 2.22. The lowest BCUT2D eigenvalue weighted by Gasteiger charge is -2.18. The van der Waals surface area contributed by atoms with E-state index in [1.54, 1.807) is 42.4 Å². The smallest absolute Gasteiger partial charge is 0.253 e. The minimum atomic E-state index is -0.688. The summed E-state index contributed by atoms with van der Waals surface area (Å²) in [5, 5.41) is 6.17. The van der Waals surface area contributed by atoms with Crippen molar-refractivity contribution < 1.29 is 9.59 Å². The highest BCUT2D eigenvalue weighted by Crippen LogP contribution is 2.21. The summed E-state index contributed by atoms with van der Waals surface area (Å²) in [6.07, 6.45) is 5.59. The molecular formula is C17H17Cl2N3O2S. The van der Waals surface area contributed by atoms with E-state index >= 15 is 0 Å². The van der Waals surface area contributed by atoms with Crippen LogP contribution in [-0.2, 0) is 4.79 Å². The van der Waals surface area contributed by atoms with E-state index in [1.165, 1.54) is 12.1 Å². The van der Waals surface area contributed by atoms with E-state index in [4.69, 9.17) is 23.2 Å². The molecule has 0 bridgehead atoms. The summed E-state index contributed by atoms with van der Waals surface area (Å²) in [6, 6.07) is 7.36. The summed E-state index contributed by atoms with van der Waals surface area (Å²) in [5.74, 6) is -0.00525. The van der Waals surface area contributed by atoms with Crippen molar-refractivity contribution in [3.63, 3.8) is 0 Å². The van der Waals surface area contributed by atoms with E-state index in [9.17, 15) is 9.59 Å². The Morgan fingerprint density at radius 3 is 2.72 bits per heavy atom. The van der Waals surface area contributed by atoms with Crippen LogP contribution in [0.5, 0.6) is 0 Å². The second-order valence-corrected chi connectivity index (χ2v) is 6.99. The zero-order chi connectivity index (χ0) is 18.2. The number of aromatic nitrogens is 1. The number of pyridine rings is 1. The van der Waals surface area contributed by atoms with Gasteiger partial charge in [0.2, 0.25) is 5.91 Å². The van der Waals surface area contributed by atoms with Gasteiger partial charge in [-0.2, -0.15) is 11.8 Å². The van der Waals surface area contributed by atoms with Crippen molar-refractivity contribution in [3.8, 4) is 0 Å². The summed E-state index contributed by atoms with van der Waals surface area (Å²) >= 11 is 13.5. The number of nitrogens with zero attached hydrogens (tertiary/aromatic N) is 1. The Balaban J connectivity index is 2.10. The monoisotopic (exact) mass is 397 g/mol. The average Bonchev–Trinajstić information content (AvgIpc) is 2.59. The fraction of sp³-hybridized carbons (Fsp3) is 0.235. The van der Waals surface area contributed by atoms with Crippen LogP contribution >= 0.6 is 35.0 Å². The van der Waals surface area contributed by atoms with Gasteiger partial charge in [-0.3, -0.25) is 14.6 Å². The minimum Gasteiger partial charge on any atom is -0.340 e. The molecule has 0 aliphatic heterocycles. The van der Waals surface area contributed by atoms with Crippen LogP contribution in [0.25, 0.3) is 0 Å². The molecule has 0 radical (unpaired) electrons. The Labute approximate surface area is 160 Å². The first kappa shape index (κ1) is 19.6. The van der Waals surface area contributed by atoms with Crippen molar-refractivity contribution in [1.29, 1.82) is 0 Å². The summed E-state index contributed by atoms with van der Waals surface area (Å²) in [7, 11) is 0. The number of hydrogen-bond acceptors (Lipinski definition) is 4. The Bertz CT molecular complexity index is 744. The molecule has 0 fully saturated rings. The lowest BCUT2D eigenvalue weighted by Crippen LogP contribution is -2.44. The maximum Gasteiger partial charge on any atom is 0.253 e. The zero-order valence-electron chi connectivity index (χ0n) is 13.5. The van der Waals surface area contributed by atoms with Crippen LogP contribution in [0.2, 0.25) is 10.0 Å². The molecule has 0 unspecified atom stereocenters. The van der Waals surface area contributed by atoms with Gasteiger partial charge in [-0.05, 0) is 48.8 Å². The van der Waals surface area contributed by atoms with Crippen molar-refractivity contribution in [2.45, 2.75) is 12.5 Å². The van der Waals surface area contributed by atoms with Crippen LogP contribution in [-0.4, -0.2) is 34.8 Å². The molecule has 1 aromatic heterocycles. The summed E-state index contributed by atoms with van der Waals surface area (Å²) in [5.41, 5.74) is 0.842. The zero-order valence-corrected chi connectivity index (χ0v) is 15.8. The molecule has 0 aliphatic carbocycles. The molecule has 2 aromatic rings. The van der Waals surface area contributed by atoms with Crippen molar-refractivity contribution in [3.05, 3.63) is 58.3 Å². The lowest BCUT2D eigenvalue weighted by atomic mass is 10.1. The first-order chi connectivity index (χ1) is 12.0. The van der Waals surface area contributed by atoms with Gasteiger partial charge in [0.05, 0.1) is 22.5 Å². The Morgan fingerprint density at radius 1 is 1.28 bits per heavy atom. The largest absolute Gasteiger partial charge is 0.340 e. The normalized spacial score (nSPS) is 11.6. The number of amides is 2. The Morgan fingerprint density at radius 2 is 2.08 bits per heavy atom. The van der Waals surface area contributed by atoms with Gasteiger partial charge >= 0.3 is 0 Å². The summed E-state index contributed by atoms with van der Waals surface area (Å²) < 4.78 is 0. The second-order valence-electron chi connectivity index (χ2n) is 5.16. The topological polar surface area (TPSA) is 71.1 Å². The third-order valence-corrected chi connectivity index (χ3v) is 4.53. The first-order valence-electron chi connectivity index (χ1n) is 7.47. The highest BCUT2D eigenvalue weighted by molar-refractivity contribution is 7.98. The molecule has 1 heterocycles. The molecule has 1 atom stereocenters. The van der Waals surface area contributed by atoms with Gasteiger partial charge in [-0.15, -0.1) is 0 Å². The van der Waals surface area contributed by atoms with Crippen LogP contribution < -0.4 is 10.6 Å². The van der Waals surface area contributed by atoms with Crippen molar-refractivity contribution in [1.82, 2.24) is 10.3 Å². The molecule has 0 saturated carbocycles. The Kier molecular flexibility index (Phi) is 7.55. The van der Waals surface area contributed by atoms with Gasteiger partial charge in [0.1, 0.15) is 6.04 Å². The number of thioether (sulfide) groups is 1. The minimum absolute atomic E-state index is 0.237. The van der Waals surface area contributed by atoms with Crippen molar-refractivity contribution in [2.24, 2.45) is 0 Å². The van der Waals surface area contributed by atoms with Crippen molar-refractivity contribution in [2.75, 3.05) is 17.3 Å². The van der Waals surface area contributed by atoms with Gasteiger partial charge < -0.3 is 10.6 Å². The van der Waals surface area contributed by atoms with Crippen LogP contribution in [0.15, 0.2) is 42.7 Å². The number of anilines is 1. The highest BCUT2D eigenvalue weighted by atomic mass is 35.5. The number of nitrogens with one attached hydrogen (secondary N) is 2. The molecule has 132 valence electrons. The average molecular weight is 398 g/mol. The molecule has 25 heavy (non-hydrogen) atoms. The maximum absolute atomic E-state index is 12.5. The summed E-state index contributed by atoms with van der Waals surface area (Å²) in [6.45, 7) is 0. The van der Waals surface area contributed by atoms with Crippen LogP contribution in [0, 0.1) is 0 Å². The number of hydrogen-bond donors (Lipinski definition) is 2. The molecule has 0 saturated heterocycles. The van der Waals surface area contributed by atoms with E-state index in [0.29, 0.717) is 17.1 Å². The van der Waals surface area contributed by atoms with E-state index in [2.05, 4.69) is 15.6 Å².